The van der Waals surface area contributed by atoms with Crippen LogP contribution in [0.3, 0.4) is 0 Å². The summed E-state index contributed by atoms with van der Waals surface area (Å²) < 4.78 is 2.43. The van der Waals surface area contributed by atoms with E-state index in [4.69, 9.17) is 15.0 Å². The highest BCUT2D eigenvalue weighted by molar-refractivity contribution is 7.26. The fourth-order valence-electron chi connectivity index (χ4n) is 8.95. The Kier molecular flexibility index (Phi) is 8.02. The van der Waals surface area contributed by atoms with Crippen LogP contribution in [0, 0.1) is 0 Å². The second kappa shape index (κ2) is 13.6. The Bertz CT molecular complexity index is 3180. The molecule has 0 spiro atoms. The number of thiophene rings is 1. The van der Waals surface area contributed by atoms with Crippen LogP contribution in [-0.4, -0.2) is 15.0 Å². The average molecular weight is 760 g/mol. The Morgan fingerprint density at radius 2 is 0.879 bits per heavy atom. The lowest BCUT2D eigenvalue weighted by atomic mass is 9.78. The number of hydrogen-bond acceptors (Lipinski definition) is 4. The summed E-state index contributed by atoms with van der Waals surface area (Å²) in [6.07, 6.45) is 0. The van der Waals surface area contributed by atoms with Gasteiger partial charge < -0.3 is 0 Å². The van der Waals surface area contributed by atoms with Gasteiger partial charge in [-0.15, -0.1) is 11.3 Å². The molecule has 11 rings (SSSR count). The lowest BCUT2D eigenvalue weighted by molar-refractivity contribution is 0.662. The highest BCUT2D eigenvalue weighted by Crippen LogP contribution is 2.53. The maximum absolute atomic E-state index is 5.34. The Morgan fingerprint density at radius 1 is 0.362 bits per heavy atom. The van der Waals surface area contributed by atoms with E-state index < -0.39 is 0 Å². The van der Waals surface area contributed by atoms with Gasteiger partial charge in [0.05, 0.1) is 0 Å². The van der Waals surface area contributed by atoms with Crippen molar-refractivity contribution in [3.05, 3.63) is 199 Å². The third-order valence-corrected chi connectivity index (χ3v) is 13.0. The van der Waals surface area contributed by atoms with E-state index in [1.807, 2.05) is 0 Å². The van der Waals surface area contributed by atoms with Crippen molar-refractivity contribution in [2.75, 3.05) is 0 Å². The van der Waals surface area contributed by atoms with Gasteiger partial charge in [-0.25, -0.2) is 15.0 Å². The van der Waals surface area contributed by atoms with Crippen LogP contribution < -0.4 is 0 Å². The summed E-state index contributed by atoms with van der Waals surface area (Å²) in [6, 6.07) is 67.1. The third-order valence-electron chi connectivity index (χ3n) is 11.8. The predicted molar refractivity (Wildman–Crippen MR) is 243 cm³/mol. The summed E-state index contributed by atoms with van der Waals surface area (Å²) in [6.45, 7) is 4.69. The maximum Gasteiger partial charge on any atom is 0.165 e. The Balaban J connectivity index is 1.09. The average Bonchev–Trinajstić information content (AvgIpc) is 3.78. The molecule has 2 aromatic heterocycles. The van der Waals surface area contributed by atoms with E-state index in [0.717, 1.165) is 27.8 Å². The Morgan fingerprint density at radius 3 is 1.67 bits per heavy atom. The molecule has 0 atom stereocenters. The zero-order valence-corrected chi connectivity index (χ0v) is 33.0. The largest absolute Gasteiger partial charge is 0.208 e. The molecular formula is C54H37N3S. The topological polar surface area (TPSA) is 38.7 Å². The normalized spacial score (nSPS) is 12.8. The molecule has 0 unspecified atom stereocenters. The van der Waals surface area contributed by atoms with Crippen molar-refractivity contribution < 1.29 is 0 Å². The van der Waals surface area contributed by atoms with Crippen LogP contribution in [0.15, 0.2) is 188 Å². The van der Waals surface area contributed by atoms with Gasteiger partial charge in [0.15, 0.2) is 17.5 Å². The van der Waals surface area contributed by atoms with Crippen molar-refractivity contribution in [1.82, 2.24) is 15.0 Å². The van der Waals surface area contributed by atoms with Crippen molar-refractivity contribution in [1.29, 1.82) is 0 Å². The van der Waals surface area contributed by atoms with Crippen LogP contribution in [0.25, 0.3) is 98.8 Å². The summed E-state index contributed by atoms with van der Waals surface area (Å²) in [7, 11) is 0. The zero-order chi connectivity index (χ0) is 38.8. The molecule has 0 radical (unpaired) electrons. The Hall–Kier alpha value is -7.01. The van der Waals surface area contributed by atoms with Gasteiger partial charge in [-0.05, 0) is 73.8 Å². The highest BCUT2D eigenvalue weighted by Gasteiger charge is 2.38. The molecule has 0 aliphatic heterocycles. The van der Waals surface area contributed by atoms with Gasteiger partial charge in [0.1, 0.15) is 0 Å². The molecule has 0 saturated heterocycles. The molecule has 2 heterocycles. The van der Waals surface area contributed by atoms with Crippen molar-refractivity contribution in [3.63, 3.8) is 0 Å². The van der Waals surface area contributed by atoms with E-state index in [1.54, 1.807) is 11.3 Å². The second-order valence-corrected chi connectivity index (χ2v) is 16.6. The molecule has 58 heavy (non-hydrogen) atoms. The van der Waals surface area contributed by atoms with Crippen LogP contribution in [0.1, 0.15) is 25.0 Å². The maximum atomic E-state index is 5.34. The quantitative estimate of drug-likeness (QED) is 0.169. The molecular weight excluding hydrogens is 723 g/mol. The number of rotatable bonds is 6. The zero-order valence-electron chi connectivity index (χ0n) is 32.1. The van der Waals surface area contributed by atoms with E-state index in [-0.39, 0.29) is 5.41 Å². The fraction of sp³-hybridized carbons (Fsp3) is 0.0556. The molecule has 0 saturated carbocycles. The van der Waals surface area contributed by atoms with E-state index >= 15 is 0 Å². The number of benzene rings is 8. The molecule has 0 amide bonds. The summed E-state index contributed by atoms with van der Waals surface area (Å²) in [5.74, 6) is 1.97. The molecule has 0 N–H and O–H groups in total. The monoisotopic (exact) mass is 759 g/mol. The summed E-state index contributed by atoms with van der Waals surface area (Å²) >= 11 is 1.79. The van der Waals surface area contributed by atoms with Gasteiger partial charge in [0.2, 0.25) is 0 Å². The van der Waals surface area contributed by atoms with E-state index in [1.165, 1.54) is 64.7 Å². The minimum Gasteiger partial charge on any atom is -0.208 e. The van der Waals surface area contributed by atoms with Gasteiger partial charge in [-0.1, -0.05) is 184 Å². The number of nitrogens with zero attached hydrogens (tertiary/aromatic N) is 3. The number of hydrogen-bond donors (Lipinski definition) is 0. The lowest BCUT2D eigenvalue weighted by Gasteiger charge is -2.25. The highest BCUT2D eigenvalue weighted by atomic mass is 32.1. The molecule has 4 heteroatoms. The standard InChI is InChI=1S/C54H37N3S/c1-54(2)47-33-38(31-32-41(47)43-23-13-22-40(49(43)54)36-17-7-4-8-18-36)51-55-52(57-53(56-51)46-25-14-24-44-42-20-11-12-26-48(42)58-50(44)46)45-21-10-9-19-39(45)37-29-27-35(28-30-37)34-15-5-3-6-16-34/h3-33H,1-2H3. The first-order chi connectivity index (χ1) is 28.5. The number of aromatic nitrogens is 3. The van der Waals surface area contributed by atoms with Crippen molar-refractivity contribution in [3.8, 4) is 78.7 Å². The van der Waals surface area contributed by atoms with E-state index in [9.17, 15) is 0 Å². The first-order valence-electron chi connectivity index (χ1n) is 19.8. The van der Waals surface area contributed by atoms with Gasteiger partial charge in [-0.3, -0.25) is 0 Å². The lowest BCUT2D eigenvalue weighted by Crippen LogP contribution is -2.16. The van der Waals surface area contributed by atoms with Gasteiger partial charge in [-0.2, -0.15) is 0 Å². The first kappa shape index (κ1) is 34.3. The van der Waals surface area contributed by atoms with Gasteiger partial charge in [0.25, 0.3) is 0 Å². The molecule has 3 nitrogen and oxygen atoms in total. The Labute approximate surface area is 342 Å². The summed E-state index contributed by atoms with van der Waals surface area (Å²) in [5, 5.41) is 2.46. The van der Waals surface area contributed by atoms with Crippen LogP contribution in [0.2, 0.25) is 0 Å². The molecule has 10 aromatic rings. The van der Waals surface area contributed by atoms with Gasteiger partial charge >= 0.3 is 0 Å². The number of fused-ring (bicyclic) bond motifs is 6. The van der Waals surface area contributed by atoms with E-state index in [0.29, 0.717) is 17.5 Å². The smallest absolute Gasteiger partial charge is 0.165 e. The molecule has 1 aliphatic carbocycles. The fourth-order valence-corrected chi connectivity index (χ4v) is 10.2. The third kappa shape index (κ3) is 5.60. The second-order valence-electron chi connectivity index (χ2n) is 15.6. The SMILES string of the molecule is CC1(C)c2cc(-c3nc(-c4ccccc4-c4ccc(-c5ccccc5)cc4)nc(-c4cccc5c4sc4ccccc45)n3)ccc2-c2cccc(-c3ccccc3)c21. The first-order valence-corrected chi connectivity index (χ1v) is 20.6. The minimum atomic E-state index is -0.243. The van der Waals surface area contributed by atoms with Crippen molar-refractivity contribution >= 4 is 31.5 Å². The molecule has 0 bridgehead atoms. The van der Waals surface area contributed by atoms with Crippen molar-refractivity contribution in [2.24, 2.45) is 0 Å². The molecule has 1 aliphatic rings. The molecule has 0 fully saturated rings. The van der Waals surface area contributed by atoms with Crippen LogP contribution in [0.5, 0.6) is 0 Å². The van der Waals surface area contributed by atoms with Crippen LogP contribution in [0.4, 0.5) is 0 Å². The molecule has 274 valence electrons. The minimum absolute atomic E-state index is 0.243. The van der Waals surface area contributed by atoms with Crippen LogP contribution >= 0.6 is 11.3 Å². The summed E-state index contributed by atoms with van der Waals surface area (Å²) in [4.78, 5) is 16.0. The van der Waals surface area contributed by atoms with Crippen LogP contribution in [-0.2, 0) is 5.41 Å². The van der Waals surface area contributed by atoms with Crippen molar-refractivity contribution in [2.45, 2.75) is 19.3 Å². The molecule has 8 aromatic carbocycles. The van der Waals surface area contributed by atoms with E-state index in [2.05, 4.69) is 202 Å². The predicted octanol–water partition coefficient (Wildman–Crippen LogP) is 14.5. The van der Waals surface area contributed by atoms with Gasteiger partial charge in [0, 0.05) is 42.3 Å². The summed E-state index contributed by atoms with van der Waals surface area (Å²) in [5.41, 5.74) is 14.9.